The van der Waals surface area contributed by atoms with Gasteiger partial charge in [-0.25, -0.2) is 0 Å². The molecule has 0 saturated carbocycles. The van der Waals surface area contributed by atoms with E-state index in [-0.39, 0.29) is 12.6 Å². The number of benzene rings is 1. The molecule has 0 amide bonds. The van der Waals surface area contributed by atoms with Crippen LogP contribution in [-0.4, -0.2) is 18.8 Å². The van der Waals surface area contributed by atoms with Gasteiger partial charge in [-0.3, -0.25) is 0 Å². The van der Waals surface area contributed by atoms with Crippen LogP contribution in [0.4, 0.5) is 0 Å². The van der Waals surface area contributed by atoms with Crippen molar-refractivity contribution in [3.8, 4) is 5.75 Å². The lowest BCUT2D eigenvalue weighted by Gasteiger charge is -2.15. The van der Waals surface area contributed by atoms with E-state index in [9.17, 15) is 0 Å². The standard InChI is InChI=1S/C11H16BrNO2/c1-15-11-7-8(12)4-5-9(11)10(13)3-2-6-14/h4-5,7,10,14H,2-3,6,13H2,1H3/t10-/m1/s1. The summed E-state index contributed by atoms with van der Waals surface area (Å²) in [4.78, 5) is 0. The molecule has 1 aromatic rings. The molecular weight excluding hydrogens is 258 g/mol. The maximum atomic E-state index is 8.74. The molecule has 1 atom stereocenters. The average Bonchev–Trinajstić information content (AvgIpc) is 2.25. The number of hydrogen-bond acceptors (Lipinski definition) is 3. The minimum atomic E-state index is -0.0831. The van der Waals surface area contributed by atoms with Crippen molar-refractivity contribution in [2.75, 3.05) is 13.7 Å². The molecule has 1 rings (SSSR count). The van der Waals surface area contributed by atoms with Crippen LogP contribution in [0.1, 0.15) is 24.4 Å². The summed E-state index contributed by atoms with van der Waals surface area (Å²) in [6.45, 7) is 0.173. The van der Waals surface area contributed by atoms with Gasteiger partial charge in [-0.2, -0.15) is 0 Å². The molecule has 3 nitrogen and oxygen atoms in total. The second kappa shape index (κ2) is 6.10. The van der Waals surface area contributed by atoms with Crippen molar-refractivity contribution in [1.82, 2.24) is 0 Å². The van der Waals surface area contributed by atoms with Crippen LogP contribution in [0.3, 0.4) is 0 Å². The predicted molar refractivity (Wildman–Crippen MR) is 63.9 cm³/mol. The lowest BCUT2D eigenvalue weighted by Crippen LogP contribution is -2.12. The minimum Gasteiger partial charge on any atom is -0.496 e. The fraction of sp³-hybridized carbons (Fsp3) is 0.455. The third-order valence-corrected chi connectivity index (χ3v) is 2.76. The smallest absolute Gasteiger partial charge is 0.124 e. The quantitative estimate of drug-likeness (QED) is 0.865. The van der Waals surface area contributed by atoms with Gasteiger partial charge in [0, 0.05) is 22.7 Å². The van der Waals surface area contributed by atoms with Crippen LogP contribution in [0.25, 0.3) is 0 Å². The van der Waals surface area contributed by atoms with E-state index >= 15 is 0 Å². The number of rotatable bonds is 5. The summed E-state index contributed by atoms with van der Waals surface area (Å²) in [5, 5.41) is 8.74. The van der Waals surface area contributed by atoms with E-state index < -0.39 is 0 Å². The van der Waals surface area contributed by atoms with Gasteiger partial charge in [0.1, 0.15) is 5.75 Å². The molecule has 4 heteroatoms. The van der Waals surface area contributed by atoms with Gasteiger partial charge in [0.2, 0.25) is 0 Å². The number of halogens is 1. The van der Waals surface area contributed by atoms with Gasteiger partial charge in [0.05, 0.1) is 7.11 Å². The second-order valence-electron chi connectivity index (χ2n) is 3.36. The van der Waals surface area contributed by atoms with Crippen LogP contribution in [0.5, 0.6) is 5.75 Å². The van der Waals surface area contributed by atoms with Gasteiger partial charge in [-0.1, -0.05) is 22.0 Å². The molecule has 1 aromatic carbocycles. The van der Waals surface area contributed by atoms with Gasteiger partial charge in [-0.15, -0.1) is 0 Å². The predicted octanol–water partition coefficient (Wildman–Crippen LogP) is 2.23. The van der Waals surface area contributed by atoms with Gasteiger partial charge in [0.25, 0.3) is 0 Å². The van der Waals surface area contributed by atoms with Gasteiger partial charge in [-0.05, 0) is 25.0 Å². The van der Waals surface area contributed by atoms with E-state index in [2.05, 4.69) is 15.9 Å². The zero-order valence-electron chi connectivity index (χ0n) is 8.74. The number of aliphatic hydroxyl groups excluding tert-OH is 1. The van der Waals surface area contributed by atoms with E-state index in [0.717, 1.165) is 22.2 Å². The summed E-state index contributed by atoms with van der Waals surface area (Å²) in [6, 6.07) is 5.70. The highest BCUT2D eigenvalue weighted by Gasteiger charge is 2.11. The Labute approximate surface area is 98.4 Å². The summed E-state index contributed by atoms with van der Waals surface area (Å²) in [7, 11) is 1.63. The summed E-state index contributed by atoms with van der Waals surface area (Å²) >= 11 is 3.38. The number of ether oxygens (including phenoxy) is 1. The summed E-state index contributed by atoms with van der Waals surface area (Å²) in [6.07, 6.45) is 1.47. The molecule has 3 N–H and O–H groups in total. The zero-order valence-corrected chi connectivity index (χ0v) is 10.3. The van der Waals surface area contributed by atoms with Crippen LogP contribution < -0.4 is 10.5 Å². The Morgan fingerprint density at radius 3 is 2.87 bits per heavy atom. The van der Waals surface area contributed by atoms with Crippen LogP contribution in [0.15, 0.2) is 22.7 Å². The number of hydrogen-bond donors (Lipinski definition) is 2. The average molecular weight is 274 g/mol. The molecule has 0 fully saturated rings. The Bertz CT molecular complexity index is 317. The van der Waals surface area contributed by atoms with E-state index in [1.807, 2.05) is 18.2 Å². The minimum absolute atomic E-state index is 0.0831. The van der Waals surface area contributed by atoms with Crippen molar-refractivity contribution in [2.45, 2.75) is 18.9 Å². The number of nitrogens with two attached hydrogens (primary N) is 1. The normalized spacial score (nSPS) is 12.5. The summed E-state index contributed by atoms with van der Waals surface area (Å²) in [5.41, 5.74) is 6.98. The monoisotopic (exact) mass is 273 g/mol. The Kier molecular flexibility index (Phi) is 5.08. The molecular formula is C11H16BrNO2. The van der Waals surface area contributed by atoms with Crippen LogP contribution in [0.2, 0.25) is 0 Å². The van der Waals surface area contributed by atoms with Crippen molar-refractivity contribution < 1.29 is 9.84 Å². The first kappa shape index (κ1) is 12.5. The van der Waals surface area contributed by atoms with Crippen LogP contribution in [-0.2, 0) is 0 Å². The first-order chi connectivity index (χ1) is 7.19. The molecule has 0 saturated heterocycles. The maximum absolute atomic E-state index is 8.74. The van der Waals surface area contributed by atoms with Crippen molar-refractivity contribution in [3.63, 3.8) is 0 Å². The van der Waals surface area contributed by atoms with E-state index in [1.165, 1.54) is 0 Å². The Hall–Kier alpha value is -0.580. The third kappa shape index (κ3) is 3.48. The first-order valence-electron chi connectivity index (χ1n) is 4.89. The molecule has 0 aromatic heterocycles. The largest absolute Gasteiger partial charge is 0.496 e. The third-order valence-electron chi connectivity index (χ3n) is 2.27. The van der Waals surface area contributed by atoms with Gasteiger partial charge < -0.3 is 15.6 Å². The Balaban J connectivity index is 2.82. The molecule has 0 aliphatic rings. The molecule has 15 heavy (non-hydrogen) atoms. The summed E-state index contributed by atoms with van der Waals surface area (Å²) < 4.78 is 6.22. The van der Waals surface area contributed by atoms with Crippen molar-refractivity contribution in [2.24, 2.45) is 5.73 Å². The highest BCUT2D eigenvalue weighted by atomic mass is 79.9. The lowest BCUT2D eigenvalue weighted by atomic mass is 10.0. The summed E-state index contributed by atoms with van der Waals surface area (Å²) in [5.74, 6) is 0.787. The second-order valence-corrected chi connectivity index (χ2v) is 4.27. The molecule has 84 valence electrons. The zero-order chi connectivity index (χ0) is 11.3. The molecule has 0 unspecified atom stereocenters. The van der Waals surface area contributed by atoms with Gasteiger partial charge in [0.15, 0.2) is 0 Å². The molecule has 0 bridgehead atoms. The van der Waals surface area contributed by atoms with E-state index in [4.69, 9.17) is 15.6 Å². The number of aliphatic hydroxyl groups is 1. The first-order valence-corrected chi connectivity index (χ1v) is 5.68. The molecule has 0 aliphatic heterocycles. The van der Waals surface area contributed by atoms with Crippen molar-refractivity contribution >= 4 is 15.9 Å². The fourth-order valence-electron chi connectivity index (χ4n) is 1.46. The van der Waals surface area contributed by atoms with E-state index in [0.29, 0.717) is 6.42 Å². The molecule has 0 spiro atoms. The van der Waals surface area contributed by atoms with Crippen LogP contribution in [0, 0.1) is 0 Å². The number of methoxy groups -OCH3 is 1. The van der Waals surface area contributed by atoms with Gasteiger partial charge >= 0.3 is 0 Å². The fourth-order valence-corrected chi connectivity index (χ4v) is 1.80. The molecule has 0 heterocycles. The lowest BCUT2D eigenvalue weighted by molar-refractivity contribution is 0.279. The van der Waals surface area contributed by atoms with E-state index in [1.54, 1.807) is 7.11 Å². The highest BCUT2D eigenvalue weighted by molar-refractivity contribution is 9.10. The topological polar surface area (TPSA) is 55.5 Å². The SMILES string of the molecule is COc1cc(Br)ccc1[C@H](N)CCCO. The van der Waals surface area contributed by atoms with Crippen LogP contribution >= 0.6 is 15.9 Å². The van der Waals surface area contributed by atoms with Crippen molar-refractivity contribution in [1.29, 1.82) is 0 Å². The molecule has 0 aliphatic carbocycles. The highest BCUT2D eigenvalue weighted by Crippen LogP contribution is 2.29. The van der Waals surface area contributed by atoms with Crippen molar-refractivity contribution in [3.05, 3.63) is 28.2 Å². The Morgan fingerprint density at radius 2 is 2.27 bits per heavy atom. The maximum Gasteiger partial charge on any atom is 0.124 e. The molecule has 0 radical (unpaired) electrons. The Morgan fingerprint density at radius 1 is 1.53 bits per heavy atom.